The van der Waals surface area contributed by atoms with E-state index < -0.39 is 5.60 Å². The lowest BCUT2D eigenvalue weighted by molar-refractivity contribution is -0.0129. The quantitative estimate of drug-likeness (QED) is 0.689. The van der Waals surface area contributed by atoms with E-state index in [2.05, 4.69) is 26.1 Å². The molecule has 0 heterocycles. The van der Waals surface area contributed by atoms with Gasteiger partial charge in [-0.15, -0.1) is 0 Å². The van der Waals surface area contributed by atoms with Gasteiger partial charge in [-0.05, 0) is 58.4 Å². The molecule has 0 aromatic rings. The lowest BCUT2D eigenvalue weighted by atomic mass is 9.78. The van der Waals surface area contributed by atoms with Crippen LogP contribution in [-0.2, 0) is 4.74 Å². The molecule has 0 unspecified atom stereocenters. The normalized spacial score (nSPS) is 29.5. The molecule has 1 fully saturated rings. The Morgan fingerprint density at radius 2 is 1.94 bits per heavy atom. The highest BCUT2D eigenvalue weighted by atomic mass is 16.5. The first-order valence-electron chi connectivity index (χ1n) is 7.39. The van der Waals surface area contributed by atoms with Gasteiger partial charge in [0.05, 0.1) is 11.2 Å². The third-order valence-corrected chi connectivity index (χ3v) is 4.52. The van der Waals surface area contributed by atoms with Crippen molar-refractivity contribution in [3.05, 3.63) is 0 Å². The maximum Gasteiger partial charge on any atom is 0.0771 e. The van der Waals surface area contributed by atoms with Crippen molar-refractivity contribution in [2.24, 2.45) is 5.92 Å². The van der Waals surface area contributed by atoms with Crippen LogP contribution in [0.4, 0.5) is 0 Å². The van der Waals surface area contributed by atoms with Gasteiger partial charge in [-0.3, -0.25) is 0 Å². The average molecular weight is 257 g/mol. The summed E-state index contributed by atoms with van der Waals surface area (Å²) in [5.74, 6) is 0.831. The molecule has 3 heteroatoms. The van der Waals surface area contributed by atoms with Crippen LogP contribution < -0.4 is 5.32 Å². The minimum atomic E-state index is -0.469. The molecular weight excluding hydrogens is 226 g/mol. The van der Waals surface area contributed by atoms with Crippen LogP contribution in [0, 0.1) is 5.92 Å². The van der Waals surface area contributed by atoms with Crippen LogP contribution in [0.3, 0.4) is 0 Å². The van der Waals surface area contributed by atoms with Crippen LogP contribution in [0.25, 0.3) is 0 Å². The van der Waals surface area contributed by atoms with E-state index in [1.54, 1.807) is 7.11 Å². The summed E-state index contributed by atoms with van der Waals surface area (Å²) in [6, 6.07) is 0. The Morgan fingerprint density at radius 3 is 2.44 bits per heavy atom. The third kappa shape index (κ3) is 5.25. The summed E-state index contributed by atoms with van der Waals surface area (Å²) < 4.78 is 5.38. The molecule has 0 radical (unpaired) electrons. The number of rotatable bonds is 7. The average Bonchev–Trinajstić information content (AvgIpc) is 2.36. The molecule has 1 rings (SSSR count). The Kier molecular flexibility index (Phi) is 6.09. The molecule has 1 aliphatic rings. The molecule has 1 aliphatic carbocycles. The predicted molar refractivity (Wildman–Crippen MR) is 75.8 cm³/mol. The Hall–Kier alpha value is -0.120. The number of methoxy groups -OCH3 is 1. The van der Waals surface area contributed by atoms with E-state index in [9.17, 15) is 5.11 Å². The summed E-state index contributed by atoms with van der Waals surface area (Å²) in [5.41, 5.74) is -0.543. The van der Waals surface area contributed by atoms with Gasteiger partial charge >= 0.3 is 0 Å². The molecule has 18 heavy (non-hydrogen) atoms. The first-order chi connectivity index (χ1) is 8.41. The molecule has 3 nitrogen and oxygen atoms in total. The Labute approximate surface area is 112 Å². The molecule has 0 atom stereocenters. The van der Waals surface area contributed by atoms with E-state index in [0.717, 1.165) is 38.3 Å². The largest absolute Gasteiger partial charge is 0.389 e. The Morgan fingerprint density at radius 1 is 1.33 bits per heavy atom. The lowest BCUT2D eigenvalue weighted by Gasteiger charge is -2.36. The van der Waals surface area contributed by atoms with Crippen LogP contribution in [-0.4, -0.2) is 36.5 Å². The van der Waals surface area contributed by atoms with E-state index in [4.69, 9.17) is 4.74 Å². The number of aliphatic hydroxyl groups is 1. The second-order valence-electron chi connectivity index (χ2n) is 6.47. The number of ether oxygens (including phenoxy) is 1. The minimum absolute atomic E-state index is 0.0739. The molecule has 0 saturated heterocycles. The molecule has 0 amide bonds. The summed E-state index contributed by atoms with van der Waals surface area (Å²) in [4.78, 5) is 0. The van der Waals surface area contributed by atoms with Gasteiger partial charge in [-0.2, -0.15) is 0 Å². The van der Waals surface area contributed by atoms with Crippen molar-refractivity contribution in [1.82, 2.24) is 5.32 Å². The molecule has 0 aromatic heterocycles. The van der Waals surface area contributed by atoms with Crippen LogP contribution in [0.15, 0.2) is 0 Å². The number of hydrogen-bond donors (Lipinski definition) is 2. The molecule has 0 spiro atoms. The Bertz CT molecular complexity index is 233. The summed E-state index contributed by atoms with van der Waals surface area (Å²) in [5, 5.41) is 13.9. The minimum Gasteiger partial charge on any atom is -0.389 e. The van der Waals surface area contributed by atoms with Crippen molar-refractivity contribution in [3.8, 4) is 0 Å². The van der Waals surface area contributed by atoms with E-state index in [0.29, 0.717) is 0 Å². The van der Waals surface area contributed by atoms with Gasteiger partial charge in [0.25, 0.3) is 0 Å². The molecule has 2 N–H and O–H groups in total. The zero-order valence-corrected chi connectivity index (χ0v) is 12.6. The first kappa shape index (κ1) is 15.9. The zero-order chi connectivity index (χ0) is 13.6. The SMILES string of the molecule is CCC1CCC(O)(CNCCC(C)(C)OC)CC1. The van der Waals surface area contributed by atoms with Crippen molar-refractivity contribution < 1.29 is 9.84 Å². The topological polar surface area (TPSA) is 41.5 Å². The monoisotopic (exact) mass is 257 g/mol. The fourth-order valence-electron chi connectivity index (χ4n) is 2.61. The maximum absolute atomic E-state index is 10.5. The van der Waals surface area contributed by atoms with Crippen molar-refractivity contribution in [2.75, 3.05) is 20.2 Å². The van der Waals surface area contributed by atoms with Gasteiger partial charge in [-0.25, -0.2) is 0 Å². The first-order valence-corrected chi connectivity index (χ1v) is 7.39. The third-order valence-electron chi connectivity index (χ3n) is 4.52. The standard InChI is InChI=1S/C15H31NO2/c1-5-13-6-8-15(17,9-7-13)12-16-11-10-14(2,3)18-4/h13,16-17H,5-12H2,1-4H3. The fourth-order valence-corrected chi connectivity index (χ4v) is 2.61. The zero-order valence-electron chi connectivity index (χ0n) is 12.6. The van der Waals surface area contributed by atoms with Gasteiger partial charge in [-0.1, -0.05) is 13.3 Å². The Balaban J connectivity index is 2.19. The highest BCUT2D eigenvalue weighted by Crippen LogP contribution is 2.33. The van der Waals surface area contributed by atoms with E-state index in [1.807, 2.05) is 0 Å². The van der Waals surface area contributed by atoms with Gasteiger partial charge < -0.3 is 15.2 Å². The lowest BCUT2D eigenvalue weighted by Crippen LogP contribution is -2.44. The summed E-state index contributed by atoms with van der Waals surface area (Å²) in [6.07, 6.45) is 6.48. The molecular formula is C15H31NO2. The van der Waals surface area contributed by atoms with Gasteiger partial charge in [0, 0.05) is 13.7 Å². The van der Waals surface area contributed by atoms with Crippen LogP contribution in [0.5, 0.6) is 0 Å². The highest BCUT2D eigenvalue weighted by Gasteiger charge is 2.32. The second-order valence-corrected chi connectivity index (χ2v) is 6.47. The maximum atomic E-state index is 10.5. The van der Waals surface area contributed by atoms with Crippen molar-refractivity contribution in [2.45, 2.75) is 70.5 Å². The highest BCUT2D eigenvalue weighted by molar-refractivity contribution is 4.87. The van der Waals surface area contributed by atoms with Crippen LogP contribution >= 0.6 is 0 Å². The van der Waals surface area contributed by atoms with Crippen molar-refractivity contribution in [3.63, 3.8) is 0 Å². The van der Waals surface area contributed by atoms with Gasteiger partial charge in [0.2, 0.25) is 0 Å². The number of nitrogens with one attached hydrogen (secondary N) is 1. The fraction of sp³-hybridized carbons (Fsp3) is 1.00. The molecule has 0 aliphatic heterocycles. The number of hydrogen-bond acceptors (Lipinski definition) is 3. The van der Waals surface area contributed by atoms with E-state index in [-0.39, 0.29) is 5.60 Å². The molecule has 0 bridgehead atoms. The van der Waals surface area contributed by atoms with Crippen LogP contribution in [0.1, 0.15) is 59.3 Å². The molecule has 108 valence electrons. The molecule has 1 saturated carbocycles. The smallest absolute Gasteiger partial charge is 0.0771 e. The van der Waals surface area contributed by atoms with Crippen molar-refractivity contribution >= 4 is 0 Å². The van der Waals surface area contributed by atoms with Crippen molar-refractivity contribution in [1.29, 1.82) is 0 Å². The summed E-state index contributed by atoms with van der Waals surface area (Å²) >= 11 is 0. The van der Waals surface area contributed by atoms with E-state index >= 15 is 0 Å². The van der Waals surface area contributed by atoms with Gasteiger partial charge in [0.15, 0.2) is 0 Å². The molecule has 0 aromatic carbocycles. The summed E-state index contributed by atoms with van der Waals surface area (Å²) in [6.45, 7) is 8.06. The summed E-state index contributed by atoms with van der Waals surface area (Å²) in [7, 11) is 1.75. The predicted octanol–water partition coefficient (Wildman–Crippen LogP) is 2.72. The van der Waals surface area contributed by atoms with Gasteiger partial charge in [0.1, 0.15) is 0 Å². The van der Waals surface area contributed by atoms with E-state index in [1.165, 1.54) is 19.3 Å². The van der Waals surface area contributed by atoms with Crippen LogP contribution in [0.2, 0.25) is 0 Å². The second kappa shape index (κ2) is 6.88.